The van der Waals surface area contributed by atoms with E-state index in [0.29, 0.717) is 6.04 Å². The van der Waals surface area contributed by atoms with E-state index in [4.69, 9.17) is 16.7 Å². The van der Waals surface area contributed by atoms with Crippen molar-refractivity contribution in [3.8, 4) is 0 Å². The van der Waals surface area contributed by atoms with Gasteiger partial charge in [-0.1, -0.05) is 29.8 Å². The van der Waals surface area contributed by atoms with E-state index in [1.807, 2.05) is 18.2 Å². The van der Waals surface area contributed by atoms with Crippen LogP contribution < -0.4 is 0 Å². The van der Waals surface area contributed by atoms with Crippen molar-refractivity contribution in [1.29, 1.82) is 0 Å². The monoisotopic (exact) mass is 268 g/mol. The lowest BCUT2D eigenvalue weighted by Crippen LogP contribution is -2.36. The smallest absolute Gasteiger partial charge is 0.0558 e. The minimum Gasteiger partial charge on any atom is -0.395 e. The molecule has 1 aliphatic rings. The van der Waals surface area contributed by atoms with Gasteiger partial charge in [0.15, 0.2) is 0 Å². The minimum absolute atomic E-state index is 0.234. The van der Waals surface area contributed by atoms with Crippen molar-refractivity contribution in [3.05, 3.63) is 34.9 Å². The van der Waals surface area contributed by atoms with Gasteiger partial charge in [-0.2, -0.15) is 0 Å². The summed E-state index contributed by atoms with van der Waals surface area (Å²) in [5, 5.41) is 9.81. The number of benzene rings is 1. The van der Waals surface area contributed by atoms with Crippen LogP contribution in [0.25, 0.3) is 0 Å². The second-order valence-corrected chi connectivity index (χ2v) is 5.38. The summed E-state index contributed by atoms with van der Waals surface area (Å²) in [4.78, 5) is 4.67. The van der Waals surface area contributed by atoms with Crippen LogP contribution >= 0.6 is 11.6 Å². The lowest BCUT2D eigenvalue weighted by Gasteiger charge is -2.24. The van der Waals surface area contributed by atoms with E-state index in [2.05, 4.69) is 22.9 Å². The molecule has 0 bridgehead atoms. The van der Waals surface area contributed by atoms with Gasteiger partial charge in [0.05, 0.1) is 6.61 Å². The summed E-state index contributed by atoms with van der Waals surface area (Å²) in [5.41, 5.74) is 1.20. The predicted molar refractivity (Wildman–Crippen MR) is 74.8 cm³/mol. The quantitative estimate of drug-likeness (QED) is 0.883. The topological polar surface area (TPSA) is 26.7 Å². The second-order valence-electron chi connectivity index (χ2n) is 4.97. The molecule has 1 aromatic rings. The number of likely N-dealkylation sites (tertiary alicyclic amines) is 1. The fourth-order valence-electron chi connectivity index (χ4n) is 2.52. The van der Waals surface area contributed by atoms with Crippen LogP contribution in [0.3, 0.4) is 0 Å². The number of hydrogen-bond acceptors (Lipinski definition) is 3. The first-order valence-corrected chi connectivity index (χ1v) is 6.85. The van der Waals surface area contributed by atoms with Crippen LogP contribution in [0.5, 0.6) is 0 Å². The molecule has 18 heavy (non-hydrogen) atoms. The molecule has 1 aliphatic heterocycles. The molecule has 0 spiro atoms. The zero-order chi connectivity index (χ0) is 13.0. The third-order valence-electron chi connectivity index (χ3n) is 3.68. The maximum Gasteiger partial charge on any atom is 0.0558 e. The number of halogens is 1. The first-order chi connectivity index (χ1) is 8.70. The zero-order valence-corrected chi connectivity index (χ0v) is 11.6. The summed E-state index contributed by atoms with van der Waals surface area (Å²) >= 11 is 6.18. The van der Waals surface area contributed by atoms with Gasteiger partial charge in [-0.15, -0.1) is 0 Å². The van der Waals surface area contributed by atoms with Gasteiger partial charge in [0.25, 0.3) is 0 Å². The maximum atomic E-state index is 8.96. The van der Waals surface area contributed by atoms with E-state index in [-0.39, 0.29) is 6.61 Å². The molecule has 1 N–H and O–H groups in total. The molecule has 0 aliphatic carbocycles. The number of rotatable bonds is 5. The SMILES string of the molecule is CN(CCO)C1CCN(Cc2ccccc2Cl)C1. The maximum absolute atomic E-state index is 8.96. The molecule has 1 saturated heterocycles. The highest BCUT2D eigenvalue weighted by molar-refractivity contribution is 6.31. The van der Waals surface area contributed by atoms with Crippen molar-refractivity contribution in [2.45, 2.75) is 19.0 Å². The van der Waals surface area contributed by atoms with Gasteiger partial charge in [-0.3, -0.25) is 9.80 Å². The molecule has 1 aromatic carbocycles. The van der Waals surface area contributed by atoms with Gasteiger partial charge < -0.3 is 5.11 Å². The molecular weight excluding hydrogens is 248 g/mol. The number of aliphatic hydroxyl groups is 1. The van der Waals surface area contributed by atoms with Crippen molar-refractivity contribution >= 4 is 11.6 Å². The van der Waals surface area contributed by atoms with E-state index in [0.717, 1.165) is 31.2 Å². The van der Waals surface area contributed by atoms with Crippen LogP contribution in [0.4, 0.5) is 0 Å². The summed E-state index contributed by atoms with van der Waals surface area (Å²) < 4.78 is 0. The highest BCUT2D eigenvalue weighted by atomic mass is 35.5. The fraction of sp³-hybridized carbons (Fsp3) is 0.571. The number of likely N-dealkylation sites (N-methyl/N-ethyl adjacent to an activating group) is 1. The second kappa shape index (κ2) is 6.53. The minimum atomic E-state index is 0.234. The molecule has 100 valence electrons. The van der Waals surface area contributed by atoms with Gasteiger partial charge in [-0.25, -0.2) is 0 Å². The van der Waals surface area contributed by atoms with Crippen LogP contribution in [0.15, 0.2) is 24.3 Å². The van der Waals surface area contributed by atoms with Gasteiger partial charge in [0.1, 0.15) is 0 Å². The Hall–Kier alpha value is -0.610. The average Bonchev–Trinajstić information content (AvgIpc) is 2.81. The van der Waals surface area contributed by atoms with Crippen LogP contribution in [-0.2, 0) is 6.54 Å². The zero-order valence-electron chi connectivity index (χ0n) is 10.8. The van der Waals surface area contributed by atoms with E-state index in [1.54, 1.807) is 0 Å². The first-order valence-electron chi connectivity index (χ1n) is 6.47. The van der Waals surface area contributed by atoms with Crippen LogP contribution in [-0.4, -0.2) is 54.2 Å². The highest BCUT2D eigenvalue weighted by Gasteiger charge is 2.25. The molecule has 0 amide bonds. The molecule has 4 heteroatoms. The summed E-state index contributed by atoms with van der Waals surface area (Å²) in [5.74, 6) is 0. The third-order valence-corrected chi connectivity index (χ3v) is 4.04. The molecule has 1 fully saturated rings. The Labute approximate surface area is 114 Å². The third kappa shape index (κ3) is 3.45. The molecule has 0 aromatic heterocycles. The Balaban J connectivity index is 1.88. The van der Waals surface area contributed by atoms with Gasteiger partial charge in [0.2, 0.25) is 0 Å². The Kier molecular flexibility index (Phi) is 5.01. The molecule has 1 heterocycles. The van der Waals surface area contributed by atoms with E-state index in [1.165, 1.54) is 12.0 Å². The molecule has 2 rings (SSSR count). The van der Waals surface area contributed by atoms with Gasteiger partial charge in [-0.05, 0) is 25.1 Å². The lowest BCUT2D eigenvalue weighted by atomic mass is 10.2. The highest BCUT2D eigenvalue weighted by Crippen LogP contribution is 2.21. The summed E-state index contributed by atoms with van der Waals surface area (Å²) in [6.07, 6.45) is 1.17. The predicted octanol–water partition coefficient (Wildman–Crippen LogP) is 1.84. The van der Waals surface area contributed by atoms with E-state index in [9.17, 15) is 0 Å². The lowest BCUT2D eigenvalue weighted by molar-refractivity contribution is 0.177. The molecular formula is C14H21ClN2O. The summed E-state index contributed by atoms with van der Waals surface area (Å²) in [6, 6.07) is 8.59. The fourth-order valence-corrected chi connectivity index (χ4v) is 2.72. The summed E-state index contributed by atoms with van der Waals surface area (Å²) in [6.45, 7) is 4.07. The number of aliphatic hydroxyl groups excluding tert-OH is 1. The first kappa shape index (κ1) is 13.8. The number of nitrogens with zero attached hydrogens (tertiary/aromatic N) is 2. The largest absolute Gasteiger partial charge is 0.395 e. The summed E-state index contributed by atoms with van der Waals surface area (Å²) in [7, 11) is 2.08. The molecule has 1 atom stereocenters. The Morgan fingerprint density at radius 2 is 2.22 bits per heavy atom. The van der Waals surface area contributed by atoms with Gasteiger partial charge in [0, 0.05) is 37.2 Å². The molecule has 3 nitrogen and oxygen atoms in total. The Bertz CT molecular complexity index is 386. The Morgan fingerprint density at radius 1 is 1.44 bits per heavy atom. The molecule has 0 radical (unpaired) electrons. The van der Waals surface area contributed by atoms with Crippen LogP contribution in [0.2, 0.25) is 5.02 Å². The van der Waals surface area contributed by atoms with Crippen LogP contribution in [0, 0.1) is 0 Å². The molecule has 1 unspecified atom stereocenters. The molecule has 0 saturated carbocycles. The van der Waals surface area contributed by atoms with Crippen molar-refractivity contribution in [3.63, 3.8) is 0 Å². The standard InChI is InChI=1S/C14H21ClN2O/c1-16(8-9-18)13-6-7-17(11-13)10-12-4-2-3-5-14(12)15/h2-5,13,18H,6-11H2,1H3. The van der Waals surface area contributed by atoms with Crippen molar-refractivity contribution < 1.29 is 5.11 Å². The van der Waals surface area contributed by atoms with Crippen molar-refractivity contribution in [2.24, 2.45) is 0 Å². The van der Waals surface area contributed by atoms with E-state index < -0.39 is 0 Å². The number of hydrogen-bond donors (Lipinski definition) is 1. The van der Waals surface area contributed by atoms with Gasteiger partial charge >= 0.3 is 0 Å². The van der Waals surface area contributed by atoms with Crippen LogP contribution in [0.1, 0.15) is 12.0 Å². The average molecular weight is 269 g/mol. The van der Waals surface area contributed by atoms with E-state index >= 15 is 0 Å². The van der Waals surface area contributed by atoms with Crippen molar-refractivity contribution in [1.82, 2.24) is 9.80 Å². The van der Waals surface area contributed by atoms with Crippen molar-refractivity contribution in [2.75, 3.05) is 33.3 Å². The Morgan fingerprint density at radius 3 is 2.94 bits per heavy atom. The normalized spacial score (nSPS) is 20.8.